The van der Waals surface area contributed by atoms with Crippen LogP contribution in [0.1, 0.15) is 23.5 Å². The van der Waals surface area contributed by atoms with E-state index in [0.29, 0.717) is 13.1 Å². The van der Waals surface area contributed by atoms with Gasteiger partial charge in [0.05, 0.1) is 12.9 Å². The van der Waals surface area contributed by atoms with Crippen molar-refractivity contribution >= 4 is 10.0 Å². The molecule has 1 aliphatic rings. The Morgan fingerprint density at radius 2 is 1.78 bits per heavy atom. The van der Waals surface area contributed by atoms with Crippen molar-refractivity contribution in [3.63, 3.8) is 0 Å². The number of hydrogen-bond donors (Lipinski definition) is 0. The molecule has 0 N–H and O–H groups in total. The summed E-state index contributed by atoms with van der Waals surface area (Å²) in [5.74, 6) is 1.15. The number of nitrogens with zero attached hydrogens (tertiary/aromatic N) is 1. The molecule has 3 rings (SSSR count). The van der Waals surface area contributed by atoms with Gasteiger partial charge < -0.3 is 4.74 Å². The normalized spacial score (nSPS) is 18.9. The van der Waals surface area contributed by atoms with Crippen LogP contribution in [0.3, 0.4) is 0 Å². The van der Waals surface area contributed by atoms with Gasteiger partial charge in [0.25, 0.3) is 0 Å². The Morgan fingerprint density at radius 3 is 2.43 bits per heavy atom. The van der Waals surface area contributed by atoms with Crippen LogP contribution in [-0.4, -0.2) is 32.9 Å². The molecular weight excluding hydrogens is 310 g/mol. The summed E-state index contributed by atoms with van der Waals surface area (Å²) in [4.78, 5) is 0. The lowest BCUT2D eigenvalue weighted by Gasteiger charge is -2.17. The zero-order chi connectivity index (χ0) is 16.3. The van der Waals surface area contributed by atoms with Gasteiger partial charge in [-0.1, -0.05) is 42.5 Å². The zero-order valence-electron chi connectivity index (χ0n) is 13.2. The number of rotatable bonds is 5. The maximum absolute atomic E-state index is 12.6. The highest BCUT2D eigenvalue weighted by Gasteiger charge is 2.32. The summed E-state index contributed by atoms with van der Waals surface area (Å²) in [6.07, 6.45) is 0.861. The van der Waals surface area contributed by atoms with E-state index in [9.17, 15) is 8.42 Å². The maximum Gasteiger partial charge on any atom is 0.218 e. The van der Waals surface area contributed by atoms with E-state index in [-0.39, 0.29) is 11.7 Å². The fourth-order valence-corrected chi connectivity index (χ4v) is 4.59. The minimum absolute atomic E-state index is 0.0726. The van der Waals surface area contributed by atoms with Crippen LogP contribution in [0.2, 0.25) is 0 Å². The topological polar surface area (TPSA) is 46.6 Å². The molecule has 0 aromatic heterocycles. The van der Waals surface area contributed by atoms with Crippen molar-refractivity contribution in [1.29, 1.82) is 0 Å². The fraction of sp³-hybridized carbons (Fsp3) is 0.333. The van der Waals surface area contributed by atoms with Gasteiger partial charge in [0.1, 0.15) is 5.75 Å². The van der Waals surface area contributed by atoms with E-state index in [1.54, 1.807) is 11.4 Å². The molecule has 1 atom stereocenters. The SMILES string of the molecule is COc1ccc([C@H]2CCN(S(=O)(=O)Cc3ccccc3)C2)cc1. The van der Waals surface area contributed by atoms with Crippen LogP contribution in [-0.2, 0) is 15.8 Å². The van der Waals surface area contributed by atoms with Gasteiger partial charge in [-0.2, -0.15) is 0 Å². The first-order valence-electron chi connectivity index (χ1n) is 7.74. The molecule has 1 aliphatic heterocycles. The number of benzene rings is 2. The molecule has 0 spiro atoms. The largest absolute Gasteiger partial charge is 0.497 e. The Morgan fingerprint density at radius 1 is 1.09 bits per heavy atom. The molecule has 23 heavy (non-hydrogen) atoms. The Hall–Kier alpha value is -1.85. The number of sulfonamides is 1. The summed E-state index contributed by atoms with van der Waals surface area (Å²) in [6, 6.07) is 17.2. The van der Waals surface area contributed by atoms with Crippen LogP contribution < -0.4 is 4.74 Å². The Kier molecular flexibility index (Phi) is 4.68. The van der Waals surface area contributed by atoms with E-state index in [1.807, 2.05) is 54.6 Å². The van der Waals surface area contributed by atoms with E-state index in [4.69, 9.17) is 4.74 Å². The third-order valence-corrected chi connectivity index (χ3v) is 6.14. The third-order valence-electron chi connectivity index (χ3n) is 4.32. The maximum atomic E-state index is 12.6. The molecule has 0 saturated carbocycles. The molecule has 122 valence electrons. The minimum atomic E-state index is -3.26. The first-order valence-corrected chi connectivity index (χ1v) is 9.35. The smallest absolute Gasteiger partial charge is 0.218 e. The second-order valence-electron chi connectivity index (χ2n) is 5.86. The lowest BCUT2D eigenvalue weighted by atomic mass is 9.99. The van der Waals surface area contributed by atoms with Crippen molar-refractivity contribution < 1.29 is 13.2 Å². The molecule has 4 nitrogen and oxygen atoms in total. The summed E-state index contributed by atoms with van der Waals surface area (Å²) >= 11 is 0. The highest BCUT2D eigenvalue weighted by atomic mass is 32.2. The quantitative estimate of drug-likeness (QED) is 0.846. The molecular formula is C18H21NO3S. The molecule has 0 aliphatic carbocycles. The molecule has 2 aromatic carbocycles. The highest BCUT2D eigenvalue weighted by molar-refractivity contribution is 7.88. The van der Waals surface area contributed by atoms with Crippen LogP contribution in [0, 0.1) is 0 Å². The fourth-order valence-electron chi connectivity index (χ4n) is 3.01. The average molecular weight is 331 g/mol. The summed E-state index contributed by atoms with van der Waals surface area (Å²) < 4.78 is 32.0. The Balaban J connectivity index is 1.68. The molecule has 0 amide bonds. The monoisotopic (exact) mass is 331 g/mol. The van der Waals surface area contributed by atoms with Gasteiger partial charge in [-0.3, -0.25) is 0 Å². The van der Waals surface area contributed by atoms with Crippen molar-refractivity contribution in [2.24, 2.45) is 0 Å². The van der Waals surface area contributed by atoms with Gasteiger partial charge in [-0.15, -0.1) is 0 Å². The third kappa shape index (κ3) is 3.74. The predicted octanol–water partition coefficient (Wildman–Crippen LogP) is 3.01. The van der Waals surface area contributed by atoms with Crippen molar-refractivity contribution in [3.05, 3.63) is 65.7 Å². The molecule has 1 saturated heterocycles. The minimum Gasteiger partial charge on any atom is -0.497 e. The lowest BCUT2D eigenvalue weighted by Crippen LogP contribution is -2.29. The zero-order valence-corrected chi connectivity index (χ0v) is 14.0. The number of methoxy groups -OCH3 is 1. The number of ether oxygens (including phenoxy) is 1. The molecule has 1 heterocycles. The van der Waals surface area contributed by atoms with Crippen LogP contribution in [0.4, 0.5) is 0 Å². The number of hydrogen-bond acceptors (Lipinski definition) is 3. The van der Waals surface area contributed by atoms with Crippen LogP contribution >= 0.6 is 0 Å². The van der Waals surface area contributed by atoms with Gasteiger partial charge in [0, 0.05) is 13.1 Å². The van der Waals surface area contributed by atoms with Crippen LogP contribution in [0.5, 0.6) is 5.75 Å². The van der Waals surface area contributed by atoms with Gasteiger partial charge in [0.15, 0.2) is 0 Å². The summed E-state index contributed by atoms with van der Waals surface area (Å²) in [7, 11) is -1.62. The van der Waals surface area contributed by atoms with Gasteiger partial charge >= 0.3 is 0 Å². The van der Waals surface area contributed by atoms with E-state index in [2.05, 4.69) is 0 Å². The molecule has 1 fully saturated rings. The summed E-state index contributed by atoms with van der Waals surface area (Å²) in [5.41, 5.74) is 2.00. The highest BCUT2D eigenvalue weighted by Crippen LogP contribution is 2.30. The predicted molar refractivity (Wildman–Crippen MR) is 91.0 cm³/mol. The Labute approximate surface area is 137 Å². The molecule has 0 unspecified atom stereocenters. The first-order chi connectivity index (χ1) is 11.1. The standard InChI is InChI=1S/C18H21NO3S/c1-22-18-9-7-16(8-10-18)17-11-12-19(13-17)23(20,21)14-15-5-3-2-4-6-15/h2-10,17H,11-14H2,1H3/t17-/m0/s1. The van der Waals surface area contributed by atoms with E-state index in [0.717, 1.165) is 17.7 Å². The van der Waals surface area contributed by atoms with E-state index in [1.165, 1.54) is 5.56 Å². The Bertz CT molecular complexity index is 742. The average Bonchev–Trinajstić information content (AvgIpc) is 3.06. The van der Waals surface area contributed by atoms with E-state index < -0.39 is 10.0 Å². The second-order valence-corrected chi connectivity index (χ2v) is 7.83. The lowest BCUT2D eigenvalue weighted by molar-refractivity contribution is 0.414. The first kappa shape index (κ1) is 16.0. The van der Waals surface area contributed by atoms with Gasteiger partial charge in [0.2, 0.25) is 10.0 Å². The summed E-state index contributed by atoms with van der Waals surface area (Å²) in [6.45, 7) is 1.15. The van der Waals surface area contributed by atoms with Crippen LogP contribution in [0.15, 0.2) is 54.6 Å². The van der Waals surface area contributed by atoms with Gasteiger partial charge in [-0.05, 0) is 35.6 Å². The molecule has 0 radical (unpaired) electrons. The molecule has 0 bridgehead atoms. The van der Waals surface area contributed by atoms with Crippen molar-refractivity contribution in [2.75, 3.05) is 20.2 Å². The second kappa shape index (κ2) is 6.72. The van der Waals surface area contributed by atoms with E-state index >= 15 is 0 Å². The molecule has 2 aromatic rings. The van der Waals surface area contributed by atoms with Crippen molar-refractivity contribution in [1.82, 2.24) is 4.31 Å². The molecule has 5 heteroatoms. The van der Waals surface area contributed by atoms with Crippen LogP contribution in [0.25, 0.3) is 0 Å². The van der Waals surface area contributed by atoms with Crippen molar-refractivity contribution in [2.45, 2.75) is 18.1 Å². The van der Waals surface area contributed by atoms with Crippen molar-refractivity contribution in [3.8, 4) is 5.75 Å². The summed E-state index contributed by atoms with van der Waals surface area (Å²) in [5, 5.41) is 0. The van der Waals surface area contributed by atoms with Gasteiger partial charge in [-0.25, -0.2) is 12.7 Å².